The fraction of sp³-hybridized carbons (Fsp3) is 0.105. The zero-order chi connectivity index (χ0) is 18.4. The summed E-state index contributed by atoms with van der Waals surface area (Å²) in [5, 5.41) is 14.6. The lowest BCUT2D eigenvalue weighted by Gasteiger charge is -2.08. The maximum absolute atomic E-state index is 12.3. The van der Waals surface area contributed by atoms with E-state index in [0.29, 0.717) is 34.5 Å². The van der Waals surface area contributed by atoms with E-state index in [0.717, 1.165) is 5.56 Å². The van der Waals surface area contributed by atoms with E-state index in [1.54, 1.807) is 43.5 Å². The third-order valence-corrected chi connectivity index (χ3v) is 4.02. The second kappa shape index (κ2) is 8.31. The summed E-state index contributed by atoms with van der Waals surface area (Å²) in [7, 11) is 1.55. The molecule has 0 fully saturated rings. The van der Waals surface area contributed by atoms with Gasteiger partial charge in [-0.05, 0) is 42.0 Å². The fourth-order valence-corrected chi connectivity index (χ4v) is 2.48. The van der Waals surface area contributed by atoms with Gasteiger partial charge in [-0.1, -0.05) is 35.9 Å². The van der Waals surface area contributed by atoms with Gasteiger partial charge in [-0.2, -0.15) is 0 Å². The molecule has 1 amide bonds. The van der Waals surface area contributed by atoms with Crippen LogP contribution >= 0.6 is 11.6 Å². The molecule has 0 saturated heterocycles. The summed E-state index contributed by atoms with van der Waals surface area (Å²) in [6, 6.07) is 17.9. The van der Waals surface area contributed by atoms with Crippen LogP contribution in [0.5, 0.6) is 5.75 Å². The molecule has 0 aliphatic rings. The molecule has 0 unspecified atom stereocenters. The van der Waals surface area contributed by atoms with E-state index in [1.807, 2.05) is 24.3 Å². The number of halogens is 1. The lowest BCUT2D eigenvalue weighted by atomic mass is 10.2. The Morgan fingerprint density at radius 3 is 2.54 bits per heavy atom. The smallest absolute Gasteiger partial charge is 0.256 e. The Kier molecular flexibility index (Phi) is 5.66. The van der Waals surface area contributed by atoms with Crippen LogP contribution in [-0.2, 0) is 6.54 Å². The van der Waals surface area contributed by atoms with Crippen molar-refractivity contribution in [3.8, 4) is 5.75 Å². The Hall–Kier alpha value is -3.12. The van der Waals surface area contributed by atoms with E-state index in [2.05, 4.69) is 20.8 Å². The molecule has 0 bridgehead atoms. The van der Waals surface area contributed by atoms with Crippen LogP contribution in [-0.4, -0.2) is 23.2 Å². The van der Waals surface area contributed by atoms with Crippen LogP contribution in [0.3, 0.4) is 0 Å². The number of hydrogen-bond acceptors (Lipinski definition) is 5. The summed E-state index contributed by atoms with van der Waals surface area (Å²) < 4.78 is 5.12. The number of amides is 1. The number of carbonyl (C=O) groups is 1. The molecule has 3 rings (SSSR count). The van der Waals surface area contributed by atoms with Gasteiger partial charge in [-0.15, -0.1) is 10.2 Å². The molecule has 132 valence electrons. The summed E-state index contributed by atoms with van der Waals surface area (Å²) in [6.07, 6.45) is 0. The van der Waals surface area contributed by atoms with E-state index in [1.165, 1.54) is 0 Å². The number of carbonyl (C=O) groups excluding carboxylic acids is 1. The van der Waals surface area contributed by atoms with E-state index >= 15 is 0 Å². The number of anilines is 2. The van der Waals surface area contributed by atoms with Crippen molar-refractivity contribution in [1.29, 1.82) is 0 Å². The molecule has 0 aliphatic heterocycles. The first-order valence-corrected chi connectivity index (χ1v) is 8.30. The Bertz CT molecular complexity index is 900. The van der Waals surface area contributed by atoms with Crippen molar-refractivity contribution in [2.45, 2.75) is 6.54 Å². The normalized spacial score (nSPS) is 10.2. The summed E-state index contributed by atoms with van der Waals surface area (Å²) in [5.74, 6) is 1.28. The van der Waals surface area contributed by atoms with Crippen molar-refractivity contribution in [3.05, 3.63) is 76.8 Å². The molecule has 7 heteroatoms. The van der Waals surface area contributed by atoms with Crippen molar-refractivity contribution in [1.82, 2.24) is 10.2 Å². The van der Waals surface area contributed by atoms with Gasteiger partial charge in [0.25, 0.3) is 5.91 Å². The maximum Gasteiger partial charge on any atom is 0.256 e. The molecular weight excluding hydrogens is 352 g/mol. The van der Waals surface area contributed by atoms with Crippen LogP contribution in [0.15, 0.2) is 60.7 Å². The molecule has 6 nitrogen and oxygen atoms in total. The molecule has 1 heterocycles. The standard InChI is InChI=1S/C19H17ClN4O2/c1-26-15-7-4-6-13(11-15)19(25)22-18-10-9-17(23-24-18)21-12-14-5-2-3-8-16(14)20/h2-11H,12H2,1H3,(H,21,23)(H,22,24,25). The van der Waals surface area contributed by atoms with Crippen molar-refractivity contribution in [3.63, 3.8) is 0 Å². The fourth-order valence-electron chi connectivity index (χ4n) is 2.27. The number of nitrogens with zero attached hydrogens (tertiary/aromatic N) is 2. The first kappa shape index (κ1) is 17.7. The average Bonchev–Trinajstić information content (AvgIpc) is 2.68. The van der Waals surface area contributed by atoms with Gasteiger partial charge in [0.05, 0.1) is 7.11 Å². The van der Waals surface area contributed by atoms with Crippen LogP contribution in [0.2, 0.25) is 5.02 Å². The summed E-state index contributed by atoms with van der Waals surface area (Å²) in [6.45, 7) is 0.532. The number of benzene rings is 2. The molecule has 0 atom stereocenters. The average molecular weight is 369 g/mol. The van der Waals surface area contributed by atoms with Crippen molar-refractivity contribution < 1.29 is 9.53 Å². The van der Waals surface area contributed by atoms with Gasteiger partial charge in [-0.25, -0.2) is 0 Å². The van der Waals surface area contributed by atoms with Gasteiger partial charge >= 0.3 is 0 Å². The lowest BCUT2D eigenvalue weighted by molar-refractivity contribution is 0.102. The minimum Gasteiger partial charge on any atom is -0.497 e. The van der Waals surface area contributed by atoms with E-state index in [-0.39, 0.29) is 5.91 Å². The molecular formula is C19H17ClN4O2. The van der Waals surface area contributed by atoms with E-state index in [9.17, 15) is 4.79 Å². The third-order valence-electron chi connectivity index (χ3n) is 3.66. The highest BCUT2D eigenvalue weighted by molar-refractivity contribution is 6.31. The molecule has 1 aromatic heterocycles. The van der Waals surface area contributed by atoms with Crippen LogP contribution in [0.25, 0.3) is 0 Å². The Morgan fingerprint density at radius 2 is 1.81 bits per heavy atom. The summed E-state index contributed by atoms with van der Waals surface area (Å²) >= 11 is 6.12. The number of nitrogens with one attached hydrogen (secondary N) is 2. The Balaban J connectivity index is 1.60. The summed E-state index contributed by atoms with van der Waals surface area (Å²) in [5.41, 5.74) is 1.44. The highest BCUT2D eigenvalue weighted by atomic mass is 35.5. The van der Waals surface area contributed by atoms with Gasteiger partial charge in [0, 0.05) is 17.1 Å². The molecule has 26 heavy (non-hydrogen) atoms. The molecule has 2 aromatic carbocycles. The molecule has 0 radical (unpaired) electrons. The third kappa shape index (κ3) is 4.49. The van der Waals surface area contributed by atoms with Crippen LogP contribution in [0.4, 0.5) is 11.6 Å². The predicted octanol–water partition coefficient (Wildman–Crippen LogP) is 4.00. The van der Waals surface area contributed by atoms with Crippen molar-refractivity contribution in [2.75, 3.05) is 17.7 Å². The number of hydrogen-bond donors (Lipinski definition) is 2. The zero-order valence-electron chi connectivity index (χ0n) is 14.1. The van der Waals surface area contributed by atoms with Gasteiger partial charge in [0.2, 0.25) is 0 Å². The van der Waals surface area contributed by atoms with Gasteiger partial charge in [0.1, 0.15) is 11.6 Å². The molecule has 0 aliphatic carbocycles. The molecule has 0 spiro atoms. The van der Waals surface area contributed by atoms with Crippen LogP contribution < -0.4 is 15.4 Å². The summed E-state index contributed by atoms with van der Waals surface area (Å²) in [4.78, 5) is 12.3. The minimum atomic E-state index is -0.282. The van der Waals surface area contributed by atoms with E-state index < -0.39 is 0 Å². The second-order valence-corrected chi connectivity index (χ2v) is 5.84. The van der Waals surface area contributed by atoms with Crippen molar-refractivity contribution >= 4 is 29.1 Å². The van der Waals surface area contributed by atoms with Gasteiger partial charge in [-0.3, -0.25) is 4.79 Å². The highest BCUT2D eigenvalue weighted by Gasteiger charge is 2.08. The Labute approximate surface area is 156 Å². The predicted molar refractivity (Wildman–Crippen MR) is 102 cm³/mol. The number of rotatable bonds is 6. The van der Waals surface area contributed by atoms with Gasteiger partial charge < -0.3 is 15.4 Å². The Morgan fingerprint density at radius 1 is 1.04 bits per heavy atom. The minimum absolute atomic E-state index is 0.282. The van der Waals surface area contributed by atoms with Crippen molar-refractivity contribution in [2.24, 2.45) is 0 Å². The number of methoxy groups -OCH3 is 1. The van der Waals surface area contributed by atoms with Crippen LogP contribution in [0.1, 0.15) is 15.9 Å². The first-order chi connectivity index (χ1) is 12.7. The SMILES string of the molecule is COc1cccc(C(=O)Nc2ccc(NCc3ccccc3Cl)nn2)c1. The molecule has 3 aromatic rings. The highest BCUT2D eigenvalue weighted by Crippen LogP contribution is 2.17. The number of aromatic nitrogens is 2. The second-order valence-electron chi connectivity index (χ2n) is 5.43. The van der Waals surface area contributed by atoms with Gasteiger partial charge in [0.15, 0.2) is 5.82 Å². The monoisotopic (exact) mass is 368 g/mol. The number of ether oxygens (including phenoxy) is 1. The lowest BCUT2D eigenvalue weighted by Crippen LogP contribution is -2.13. The molecule has 0 saturated carbocycles. The zero-order valence-corrected chi connectivity index (χ0v) is 14.8. The van der Waals surface area contributed by atoms with E-state index in [4.69, 9.17) is 16.3 Å². The first-order valence-electron chi connectivity index (χ1n) is 7.92. The van der Waals surface area contributed by atoms with Crippen LogP contribution in [0, 0.1) is 0 Å². The topological polar surface area (TPSA) is 76.1 Å². The largest absolute Gasteiger partial charge is 0.497 e. The quantitative estimate of drug-likeness (QED) is 0.687. The maximum atomic E-state index is 12.3. The molecule has 2 N–H and O–H groups in total.